The van der Waals surface area contributed by atoms with Crippen molar-refractivity contribution < 1.29 is 10.0 Å². The number of nitrogens with one attached hydrogen (secondary N) is 1. The molecule has 0 aromatic heterocycles. The second-order valence-electron chi connectivity index (χ2n) is 3.17. The van der Waals surface area contributed by atoms with Gasteiger partial charge in [0.15, 0.2) is 0 Å². The van der Waals surface area contributed by atoms with Crippen LogP contribution in [-0.2, 0) is 11.2 Å². The normalized spacial score (nSPS) is 15.1. The number of carbonyl (C=O) groups excluding carboxylic acids is 1. The number of fused-ring (bicyclic) bond motifs is 1. The Morgan fingerprint density at radius 2 is 2.47 bits per heavy atom. The highest BCUT2D eigenvalue weighted by Crippen LogP contribution is 2.31. The van der Waals surface area contributed by atoms with Crippen LogP contribution in [-0.4, -0.2) is 23.1 Å². The Labute approximate surface area is 91.4 Å². The molecule has 0 radical (unpaired) electrons. The van der Waals surface area contributed by atoms with Crippen LogP contribution in [0.2, 0.25) is 0 Å². The molecule has 0 atom stereocenters. The predicted octanol–water partition coefficient (Wildman–Crippen LogP) is 1.73. The molecule has 0 saturated heterocycles. The van der Waals surface area contributed by atoms with Crippen molar-refractivity contribution in [3.63, 3.8) is 0 Å². The molecule has 5 heteroatoms. The van der Waals surface area contributed by atoms with Crippen molar-refractivity contribution in [2.45, 2.75) is 11.3 Å². The summed E-state index contributed by atoms with van der Waals surface area (Å²) in [6, 6.07) is 5.84. The highest BCUT2D eigenvalue weighted by atomic mass is 32.2. The lowest BCUT2D eigenvalue weighted by Gasteiger charge is -2.16. The summed E-state index contributed by atoms with van der Waals surface area (Å²) in [7, 11) is 0. The van der Waals surface area contributed by atoms with Crippen molar-refractivity contribution in [3.8, 4) is 0 Å². The molecule has 0 aliphatic carbocycles. The molecule has 0 fully saturated rings. The lowest BCUT2D eigenvalue weighted by Crippen LogP contribution is -2.18. The minimum absolute atomic E-state index is 0.0282. The van der Waals surface area contributed by atoms with Crippen LogP contribution in [0.3, 0.4) is 0 Å². The zero-order chi connectivity index (χ0) is 10.7. The van der Waals surface area contributed by atoms with Gasteiger partial charge in [0.1, 0.15) is 0 Å². The van der Waals surface area contributed by atoms with Gasteiger partial charge in [-0.05, 0) is 17.7 Å². The molecule has 1 amide bonds. The number of hydrogen-bond donors (Lipinski definition) is 2. The maximum absolute atomic E-state index is 11.2. The molecule has 78 valence electrons. The number of benzene rings is 1. The molecule has 2 rings (SSSR count). The van der Waals surface area contributed by atoms with E-state index in [1.165, 1.54) is 18.0 Å². The molecular weight excluding hydrogens is 212 g/mol. The van der Waals surface area contributed by atoms with Crippen LogP contribution in [0.4, 0.5) is 5.69 Å². The van der Waals surface area contributed by atoms with Crippen molar-refractivity contribution in [3.05, 3.63) is 23.8 Å². The Hall–Kier alpha value is -1.49. The monoisotopic (exact) mass is 222 g/mol. The number of rotatable bonds is 2. The van der Waals surface area contributed by atoms with Gasteiger partial charge in [-0.25, -0.2) is 0 Å². The zero-order valence-electron chi connectivity index (χ0n) is 7.93. The minimum Gasteiger partial charge on any atom is -0.411 e. The summed E-state index contributed by atoms with van der Waals surface area (Å²) in [5.41, 5.74) is 1.86. The molecule has 1 aliphatic rings. The summed E-state index contributed by atoms with van der Waals surface area (Å²) in [6.45, 7) is 0. The maximum atomic E-state index is 11.2. The molecule has 15 heavy (non-hydrogen) atoms. The first-order chi connectivity index (χ1) is 7.29. The first-order valence-corrected chi connectivity index (χ1v) is 5.49. The fraction of sp³-hybridized carbons (Fsp3) is 0.200. The van der Waals surface area contributed by atoms with E-state index in [1.54, 1.807) is 0 Å². The highest BCUT2D eigenvalue weighted by molar-refractivity contribution is 8.00. The van der Waals surface area contributed by atoms with Gasteiger partial charge in [0.2, 0.25) is 5.91 Å². The maximum Gasteiger partial charge on any atom is 0.234 e. The number of carbonyl (C=O) groups is 1. The quantitative estimate of drug-likeness (QED) is 0.455. The Kier molecular flexibility index (Phi) is 2.91. The highest BCUT2D eigenvalue weighted by Gasteiger charge is 2.14. The van der Waals surface area contributed by atoms with Gasteiger partial charge in [-0.1, -0.05) is 6.07 Å². The van der Waals surface area contributed by atoms with Crippen LogP contribution >= 0.6 is 11.8 Å². The zero-order valence-corrected chi connectivity index (χ0v) is 8.75. The molecule has 1 aromatic carbocycles. The smallest absolute Gasteiger partial charge is 0.234 e. The second kappa shape index (κ2) is 4.35. The van der Waals surface area contributed by atoms with Crippen LogP contribution in [0.15, 0.2) is 28.3 Å². The number of nitrogens with zero attached hydrogens (tertiary/aromatic N) is 1. The van der Waals surface area contributed by atoms with E-state index in [-0.39, 0.29) is 5.91 Å². The fourth-order valence-electron chi connectivity index (χ4n) is 1.40. The van der Waals surface area contributed by atoms with Crippen LogP contribution in [0.1, 0.15) is 5.56 Å². The SMILES string of the molecule is O=C1CSc2ccc(C/C=N/O)cc2N1. The van der Waals surface area contributed by atoms with Crippen molar-refractivity contribution in [1.29, 1.82) is 0 Å². The summed E-state index contributed by atoms with van der Waals surface area (Å²) >= 11 is 1.53. The van der Waals surface area contributed by atoms with Gasteiger partial charge in [0, 0.05) is 17.5 Å². The summed E-state index contributed by atoms with van der Waals surface area (Å²) < 4.78 is 0. The Balaban J connectivity index is 2.24. The number of hydrogen-bond acceptors (Lipinski definition) is 4. The second-order valence-corrected chi connectivity index (χ2v) is 4.19. The van der Waals surface area contributed by atoms with E-state index >= 15 is 0 Å². The largest absolute Gasteiger partial charge is 0.411 e. The Bertz CT molecular complexity index is 418. The molecule has 1 aromatic rings. The third-order valence-electron chi connectivity index (χ3n) is 2.09. The van der Waals surface area contributed by atoms with Gasteiger partial charge >= 0.3 is 0 Å². The van der Waals surface area contributed by atoms with Crippen molar-refractivity contribution in [2.75, 3.05) is 11.1 Å². The third kappa shape index (κ3) is 2.30. The topological polar surface area (TPSA) is 61.7 Å². The molecule has 0 bridgehead atoms. The first kappa shape index (κ1) is 10.0. The van der Waals surface area contributed by atoms with E-state index < -0.39 is 0 Å². The summed E-state index contributed by atoms with van der Waals surface area (Å²) in [5.74, 6) is 0.505. The van der Waals surface area contributed by atoms with Crippen molar-refractivity contribution in [1.82, 2.24) is 0 Å². The van der Waals surface area contributed by atoms with Crippen LogP contribution in [0.25, 0.3) is 0 Å². The molecular formula is C10H10N2O2S. The minimum atomic E-state index is 0.0282. The van der Waals surface area contributed by atoms with Gasteiger partial charge in [-0.3, -0.25) is 4.79 Å². The van der Waals surface area contributed by atoms with Gasteiger partial charge in [-0.2, -0.15) is 0 Å². The average molecular weight is 222 g/mol. The van der Waals surface area contributed by atoms with E-state index in [1.807, 2.05) is 18.2 Å². The predicted molar refractivity (Wildman–Crippen MR) is 59.8 cm³/mol. The van der Waals surface area contributed by atoms with E-state index in [9.17, 15) is 4.79 Å². The number of oxime groups is 1. The number of thioether (sulfide) groups is 1. The molecule has 4 nitrogen and oxygen atoms in total. The third-order valence-corrected chi connectivity index (χ3v) is 3.16. The number of amides is 1. The summed E-state index contributed by atoms with van der Waals surface area (Å²) in [4.78, 5) is 12.2. The fourth-order valence-corrected chi connectivity index (χ4v) is 2.19. The summed E-state index contributed by atoms with van der Waals surface area (Å²) in [5, 5.41) is 14.1. The lowest BCUT2D eigenvalue weighted by atomic mass is 10.1. The molecule has 1 aliphatic heterocycles. The van der Waals surface area contributed by atoms with Gasteiger partial charge in [0.05, 0.1) is 11.4 Å². The Morgan fingerprint density at radius 3 is 3.27 bits per heavy atom. The van der Waals surface area contributed by atoms with E-state index in [2.05, 4.69) is 10.5 Å². The van der Waals surface area contributed by atoms with Crippen LogP contribution in [0, 0.1) is 0 Å². The van der Waals surface area contributed by atoms with E-state index in [4.69, 9.17) is 5.21 Å². The standard InChI is InChI=1S/C10H10N2O2S/c13-10-6-15-9-2-1-7(3-4-11-14)5-8(9)12-10/h1-2,4-5,14H,3,6H2,(H,12,13)/b11-4+. The van der Waals surface area contributed by atoms with E-state index in [0.29, 0.717) is 12.2 Å². The molecule has 0 saturated carbocycles. The molecule has 0 spiro atoms. The van der Waals surface area contributed by atoms with Crippen molar-refractivity contribution >= 4 is 29.6 Å². The molecule has 2 N–H and O–H groups in total. The van der Waals surface area contributed by atoms with Gasteiger partial charge in [0.25, 0.3) is 0 Å². The van der Waals surface area contributed by atoms with Gasteiger partial charge in [-0.15, -0.1) is 16.9 Å². The Morgan fingerprint density at radius 1 is 1.60 bits per heavy atom. The molecule has 1 heterocycles. The van der Waals surface area contributed by atoms with E-state index in [0.717, 1.165) is 16.1 Å². The van der Waals surface area contributed by atoms with Crippen LogP contribution < -0.4 is 5.32 Å². The lowest BCUT2D eigenvalue weighted by molar-refractivity contribution is -0.113. The van der Waals surface area contributed by atoms with Crippen LogP contribution in [0.5, 0.6) is 0 Å². The number of anilines is 1. The summed E-state index contributed by atoms with van der Waals surface area (Å²) in [6.07, 6.45) is 1.98. The average Bonchev–Trinajstić information content (AvgIpc) is 2.25. The van der Waals surface area contributed by atoms with Gasteiger partial charge < -0.3 is 10.5 Å². The first-order valence-electron chi connectivity index (χ1n) is 4.51. The molecule has 0 unspecified atom stereocenters. The van der Waals surface area contributed by atoms with Crippen molar-refractivity contribution in [2.24, 2.45) is 5.16 Å².